The summed E-state index contributed by atoms with van der Waals surface area (Å²) in [6.07, 6.45) is 0.836. The molecule has 0 unspecified atom stereocenters. The Balaban J connectivity index is 2.29. The van der Waals surface area contributed by atoms with Crippen molar-refractivity contribution in [3.63, 3.8) is 0 Å². The van der Waals surface area contributed by atoms with Gasteiger partial charge in [-0.1, -0.05) is 20.8 Å². The van der Waals surface area contributed by atoms with Gasteiger partial charge in [0.25, 0.3) is 0 Å². The predicted octanol–water partition coefficient (Wildman–Crippen LogP) is 3.46. The summed E-state index contributed by atoms with van der Waals surface area (Å²) < 4.78 is 6.03. The molecule has 2 rings (SSSR count). The van der Waals surface area contributed by atoms with Crippen LogP contribution in [0, 0.1) is 0 Å². The molecule has 0 saturated carbocycles. The molecule has 1 aromatic heterocycles. The quantitative estimate of drug-likeness (QED) is 0.692. The molecular formula is C15H20N2O2Si. The Bertz CT molecular complexity index is 626. The number of benzene rings is 1. The molecule has 4 nitrogen and oxygen atoms in total. The van der Waals surface area contributed by atoms with Crippen molar-refractivity contribution < 1.29 is 9.22 Å². The molecule has 2 radical (unpaired) electrons. The highest BCUT2D eigenvalue weighted by Crippen LogP contribution is 2.29. The van der Waals surface area contributed by atoms with Crippen LogP contribution in [0.15, 0.2) is 18.2 Å². The van der Waals surface area contributed by atoms with Crippen molar-refractivity contribution in [3.8, 4) is 0 Å². The van der Waals surface area contributed by atoms with Crippen molar-refractivity contribution in [3.05, 3.63) is 29.6 Å². The molecule has 0 atom stereocenters. The largest absolute Gasteiger partial charge is 0.405 e. The molecular weight excluding hydrogens is 268 g/mol. The van der Waals surface area contributed by atoms with E-state index >= 15 is 0 Å². The third-order valence-electron chi connectivity index (χ3n) is 2.82. The maximum atomic E-state index is 10.8. The summed E-state index contributed by atoms with van der Waals surface area (Å²) >= 11 is 0. The minimum absolute atomic E-state index is 0.133. The molecule has 2 aromatic rings. The third kappa shape index (κ3) is 3.35. The molecule has 20 heavy (non-hydrogen) atoms. The fourth-order valence-corrected chi connectivity index (χ4v) is 2.37. The van der Waals surface area contributed by atoms with Crippen LogP contribution in [0.5, 0.6) is 0 Å². The Morgan fingerprint density at radius 2 is 1.95 bits per heavy atom. The van der Waals surface area contributed by atoms with Gasteiger partial charge in [0.2, 0.25) is 9.76 Å². The van der Waals surface area contributed by atoms with Gasteiger partial charge in [-0.25, -0.2) is 4.98 Å². The van der Waals surface area contributed by atoms with E-state index in [1.54, 1.807) is 12.1 Å². The molecule has 0 aliphatic rings. The number of aromatic nitrogens is 2. The highest BCUT2D eigenvalue weighted by Gasteiger charge is 2.28. The van der Waals surface area contributed by atoms with E-state index in [2.05, 4.69) is 30.7 Å². The van der Waals surface area contributed by atoms with Crippen LogP contribution in [0.3, 0.4) is 0 Å². The van der Waals surface area contributed by atoms with Crippen molar-refractivity contribution in [2.45, 2.75) is 45.3 Å². The first kappa shape index (κ1) is 14.9. The van der Waals surface area contributed by atoms with Crippen LogP contribution in [0.2, 0.25) is 5.04 Å². The molecule has 0 aliphatic heterocycles. The Hall–Kier alpha value is -1.46. The Morgan fingerprint density at radius 3 is 2.55 bits per heavy atom. The normalized spacial score (nSPS) is 12.8. The molecule has 0 spiro atoms. The summed E-state index contributed by atoms with van der Waals surface area (Å²) in [7, 11) is 0.387. The summed E-state index contributed by atoms with van der Waals surface area (Å²) in [6, 6.07) is 5.42. The molecule has 106 valence electrons. The first-order valence-electron chi connectivity index (χ1n) is 6.62. The Morgan fingerprint density at radius 1 is 1.25 bits per heavy atom. The summed E-state index contributed by atoms with van der Waals surface area (Å²) in [5.74, 6) is 0.785. The van der Waals surface area contributed by atoms with E-state index in [1.807, 2.05) is 19.9 Å². The number of hydrogen-bond acceptors (Lipinski definition) is 3. The van der Waals surface area contributed by atoms with Crippen molar-refractivity contribution in [1.29, 1.82) is 0 Å². The second-order valence-electron chi connectivity index (χ2n) is 6.44. The lowest BCUT2D eigenvalue weighted by Gasteiger charge is -2.27. The molecule has 1 N–H and O–H groups in total. The summed E-state index contributed by atoms with van der Waals surface area (Å²) in [5.41, 5.74) is 1.87. The van der Waals surface area contributed by atoms with Crippen LogP contribution in [-0.2, 0) is 10.0 Å². The van der Waals surface area contributed by atoms with Crippen molar-refractivity contribution in [2.75, 3.05) is 0 Å². The third-order valence-corrected chi connectivity index (χ3v) is 4.05. The monoisotopic (exact) mass is 288 g/mol. The fourth-order valence-electron chi connectivity index (χ4n) is 1.71. The van der Waals surface area contributed by atoms with Gasteiger partial charge in [0.1, 0.15) is 17.7 Å². The summed E-state index contributed by atoms with van der Waals surface area (Å²) in [4.78, 5) is 18.6. The molecule has 0 saturated heterocycles. The molecule has 0 bridgehead atoms. The van der Waals surface area contributed by atoms with Crippen molar-refractivity contribution in [2.24, 2.45) is 0 Å². The highest BCUT2D eigenvalue weighted by atomic mass is 28.2. The lowest BCUT2D eigenvalue weighted by Crippen LogP contribution is -2.28. The van der Waals surface area contributed by atoms with Gasteiger partial charge >= 0.3 is 0 Å². The van der Waals surface area contributed by atoms with Gasteiger partial charge in [0.05, 0.1) is 11.0 Å². The minimum atomic E-state index is -0.480. The number of aromatic amines is 1. The van der Waals surface area contributed by atoms with E-state index in [4.69, 9.17) is 4.43 Å². The van der Waals surface area contributed by atoms with Crippen LogP contribution in [0.1, 0.15) is 50.8 Å². The Labute approximate surface area is 121 Å². The molecule has 0 fully saturated rings. The van der Waals surface area contributed by atoms with E-state index in [0.717, 1.165) is 23.1 Å². The topological polar surface area (TPSA) is 55.0 Å². The van der Waals surface area contributed by atoms with E-state index in [9.17, 15) is 4.79 Å². The van der Waals surface area contributed by atoms with Gasteiger partial charge < -0.3 is 9.41 Å². The Kier molecular flexibility index (Phi) is 3.84. The standard InChI is InChI=1S/C15H20N2O2Si/c1-14(2,3)20-19-15(4,5)13-16-11-7-6-10(9-18)8-12(11)17-13/h6-9H,1-5H3,(H,16,17). The predicted molar refractivity (Wildman–Crippen MR) is 81.1 cm³/mol. The second kappa shape index (κ2) is 5.14. The van der Waals surface area contributed by atoms with Crippen molar-refractivity contribution >= 4 is 27.1 Å². The molecule has 1 aromatic carbocycles. The number of imidazole rings is 1. The fraction of sp³-hybridized carbons (Fsp3) is 0.467. The van der Waals surface area contributed by atoms with Gasteiger partial charge in [-0.3, -0.25) is 4.79 Å². The van der Waals surface area contributed by atoms with Crippen LogP contribution in [-0.4, -0.2) is 26.0 Å². The number of carbonyl (C=O) groups is 1. The first-order chi connectivity index (χ1) is 9.21. The van der Waals surface area contributed by atoms with Crippen LogP contribution < -0.4 is 0 Å². The number of rotatable bonds is 4. The molecule has 0 aliphatic carbocycles. The number of nitrogens with one attached hydrogen (secondary N) is 1. The molecule has 0 amide bonds. The SMILES string of the molecule is CC(C)(C)[Si]OC(C)(C)c1nc2ccc(C=O)cc2[nH]1. The summed E-state index contributed by atoms with van der Waals surface area (Å²) in [5, 5.41) is 0.133. The number of carbonyl (C=O) groups excluding carboxylic acids is 1. The smallest absolute Gasteiger partial charge is 0.237 e. The van der Waals surface area contributed by atoms with Gasteiger partial charge in [-0.15, -0.1) is 0 Å². The van der Waals surface area contributed by atoms with E-state index in [-0.39, 0.29) is 5.04 Å². The zero-order chi connectivity index (χ0) is 15.0. The number of aldehydes is 1. The van der Waals surface area contributed by atoms with Gasteiger partial charge in [-0.05, 0) is 37.1 Å². The number of nitrogens with zero attached hydrogens (tertiary/aromatic N) is 1. The average molecular weight is 288 g/mol. The van der Waals surface area contributed by atoms with Gasteiger partial charge in [0.15, 0.2) is 0 Å². The summed E-state index contributed by atoms with van der Waals surface area (Å²) in [6.45, 7) is 10.5. The van der Waals surface area contributed by atoms with Gasteiger partial charge in [0, 0.05) is 5.56 Å². The van der Waals surface area contributed by atoms with Crippen LogP contribution in [0.25, 0.3) is 11.0 Å². The molecule has 1 heterocycles. The zero-order valence-electron chi connectivity index (χ0n) is 12.6. The van der Waals surface area contributed by atoms with Gasteiger partial charge in [-0.2, -0.15) is 0 Å². The van der Waals surface area contributed by atoms with Crippen LogP contribution in [0.4, 0.5) is 0 Å². The first-order valence-corrected chi connectivity index (χ1v) is 7.53. The lowest BCUT2D eigenvalue weighted by atomic mass is 10.1. The second-order valence-corrected chi connectivity index (χ2v) is 8.35. The number of H-pyrrole nitrogens is 1. The maximum absolute atomic E-state index is 10.8. The highest BCUT2D eigenvalue weighted by molar-refractivity contribution is 6.31. The average Bonchev–Trinajstić information content (AvgIpc) is 2.79. The van der Waals surface area contributed by atoms with E-state index < -0.39 is 5.60 Å². The maximum Gasteiger partial charge on any atom is 0.237 e. The number of fused-ring (bicyclic) bond motifs is 1. The minimum Gasteiger partial charge on any atom is -0.405 e. The van der Waals surface area contributed by atoms with E-state index in [0.29, 0.717) is 15.3 Å². The van der Waals surface area contributed by atoms with E-state index in [1.165, 1.54) is 0 Å². The van der Waals surface area contributed by atoms with Crippen molar-refractivity contribution in [1.82, 2.24) is 9.97 Å². The number of hydrogen-bond donors (Lipinski definition) is 1. The van der Waals surface area contributed by atoms with Crippen LogP contribution >= 0.6 is 0 Å². The zero-order valence-corrected chi connectivity index (χ0v) is 13.6. The molecule has 5 heteroatoms. The lowest BCUT2D eigenvalue weighted by molar-refractivity contribution is 0.100.